The van der Waals surface area contributed by atoms with Crippen LogP contribution in [0.25, 0.3) is 0 Å². The van der Waals surface area contributed by atoms with Gasteiger partial charge in [0.05, 0.1) is 12.0 Å². The Kier molecular flexibility index (Phi) is 3.29. The third kappa shape index (κ3) is 2.38. The van der Waals surface area contributed by atoms with E-state index in [1.54, 1.807) is 0 Å². The van der Waals surface area contributed by atoms with Gasteiger partial charge in [-0.15, -0.1) is 0 Å². The predicted octanol–water partition coefficient (Wildman–Crippen LogP) is 1.27. The number of rotatable bonds is 2. The highest BCUT2D eigenvalue weighted by atomic mass is 16.4. The summed E-state index contributed by atoms with van der Waals surface area (Å²) in [7, 11) is 0. The lowest BCUT2D eigenvalue weighted by molar-refractivity contribution is -0.147. The summed E-state index contributed by atoms with van der Waals surface area (Å²) in [6, 6.07) is 6.56. The fraction of sp³-hybridized carbons (Fsp3) is 0.533. The number of carboxylic acids is 1. The molecule has 0 radical (unpaired) electrons. The summed E-state index contributed by atoms with van der Waals surface area (Å²) in [6.45, 7) is 0.332. The van der Waals surface area contributed by atoms with Crippen molar-refractivity contribution < 1.29 is 15.0 Å². The van der Waals surface area contributed by atoms with Gasteiger partial charge >= 0.3 is 5.97 Å². The van der Waals surface area contributed by atoms with Crippen LogP contribution in [-0.4, -0.2) is 28.8 Å². The smallest absolute Gasteiger partial charge is 0.310 e. The fourth-order valence-electron chi connectivity index (χ4n) is 3.21. The van der Waals surface area contributed by atoms with Crippen molar-refractivity contribution in [1.82, 2.24) is 5.32 Å². The Labute approximate surface area is 112 Å². The molecule has 2 aliphatic rings. The third-order valence-electron chi connectivity index (χ3n) is 4.37. The van der Waals surface area contributed by atoms with Gasteiger partial charge in [-0.25, -0.2) is 0 Å². The fourth-order valence-corrected chi connectivity index (χ4v) is 3.21. The van der Waals surface area contributed by atoms with Crippen molar-refractivity contribution in [1.29, 1.82) is 0 Å². The summed E-state index contributed by atoms with van der Waals surface area (Å²) in [5.74, 6) is -1.61. The molecule has 1 aromatic rings. The summed E-state index contributed by atoms with van der Waals surface area (Å²) in [6.07, 6.45) is 3.22. The summed E-state index contributed by atoms with van der Waals surface area (Å²) < 4.78 is 0. The Morgan fingerprint density at radius 3 is 2.79 bits per heavy atom. The summed E-state index contributed by atoms with van der Waals surface area (Å²) in [5, 5.41) is 22.2. The molecule has 1 aromatic carbocycles. The largest absolute Gasteiger partial charge is 0.481 e. The van der Waals surface area contributed by atoms with E-state index < -0.39 is 18.0 Å². The van der Waals surface area contributed by atoms with Crippen LogP contribution in [-0.2, 0) is 17.6 Å². The SMILES string of the molecule is O=C(O)C1CNC(c2ccc3c(c2)CCC3)CC1O. The van der Waals surface area contributed by atoms with Crippen LogP contribution in [0.4, 0.5) is 0 Å². The molecule has 3 rings (SSSR count). The van der Waals surface area contributed by atoms with Gasteiger partial charge in [0, 0.05) is 12.6 Å². The van der Waals surface area contributed by atoms with E-state index in [0.29, 0.717) is 13.0 Å². The molecule has 0 spiro atoms. The number of nitrogens with one attached hydrogen (secondary N) is 1. The van der Waals surface area contributed by atoms with Gasteiger partial charge in [-0.1, -0.05) is 18.2 Å². The zero-order valence-electron chi connectivity index (χ0n) is 10.8. The molecule has 0 bridgehead atoms. The Morgan fingerprint density at radius 2 is 2.05 bits per heavy atom. The molecule has 102 valence electrons. The number of benzene rings is 1. The molecule has 1 saturated heterocycles. The van der Waals surface area contributed by atoms with Gasteiger partial charge in [0.2, 0.25) is 0 Å². The normalized spacial score (nSPS) is 30.1. The Hall–Kier alpha value is -1.39. The summed E-state index contributed by atoms with van der Waals surface area (Å²) in [5.41, 5.74) is 4.02. The number of aliphatic carboxylic acids is 1. The van der Waals surface area contributed by atoms with E-state index in [0.717, 1.165) is 12.8 Å². The van der Waals surface area contributed by atoms with Crippen molar-refractivity contribution in [3.8, 4) is 0 Å². The third-order valence-corrected chi connectivity index (χ3v) is 4.37. The molecule has 3 N–H and O–H groups in total. The van der Waals surface area contributed by atoms with E-state index in [1.807, 2.05) is 0 Å². The Balaban J connectivity index is 1.75. The maximum Gasteiger partial charge on any atom is 0.310 e. The topological polar surface area (TPSA) is 69.6 Å². The average Bonchev–Trinajstić information content (AvgIpc) is 2.85. The first-order valence-electron chi connectivity index (χ1n) is 6.91. The first-order chi connectivity index (χ1) is 9.15. The van der Waals surface area contributed by atoms with Gasteiger partial charge in [-0.2, -0.15) is 0 Å². The standard InChI is InChI=1S/C15H19NO3/c17-14-7-13(16-8-12(14)15(18)19)11-5-4-9-2-1-3-10(9)6-11/h4-6,12-14,16-17H,1-3,7-8H2,(H,18,19). The molecule has 4 nitrogen and oxygen atoms in total. The number of carboxylic acid groups (broad SMARTS) is 1. The number of aliphatic hydroxyl groups excluding tert-OH is 1. The molecule has 1 heterocycles. The zero-order valence-corrected chi connectivity index (χ0v) is 10.8. The van der Waals surface area contributed by atoms with Crippen molar-refractivity contribution in [2.24, 2.45) is 5.92 Å². The quantitative estimate of drug-likeness (QED) is 0.750. The van der Waals surface area contributed by atoms with Crippen molar-refractivity contribution in [3.63, 3.8) is 0 Å². The minimum absolute atomic E-state index is 0.0662. The highest BCUT2D eigenvalue weighted by Crippen LogP contribution is 2.30. The van der Waals surface area contributed by atoms with E-state index in [9.17, 15) is 9.90 Å². The van der Waals surface area contributed by atoms with Gasteiger partial charge in [0.1, 0.15) is 0 Å². The van der Waals surface area contributed by atoms with Crippen LogP contribution in [0.2, 0.25) is 0 Å². The van der Waals surface area contributed by atoms with E-state index in [-0.39, 0.29) is 6.04 Å². The zero-order chi connectivity index (χ0) is 13.4. The molecular formula is C15H19NO3. The summed E-state index contributed by atoms with van der Waals surface area (Å²) in [4.78, 5) is 11.0. The number of piperidine rings is 1. The number of aryl methyl sites for hydroxylation is 2. The predicted molar refractivity (Wildman–Crippen MR) is 71.0 cm³/mol. The molecule has 1 aliphatic heterocycles. The molecule has 0 amide bonds. The molecule has 3 atom stereocenters. The molecule has 19 heavy (non-hydrogen) atoms. The van der Waals surface area contributed by atoms with Gasteiger partial charge in [0.25, 0.3) is 0 Å². The molecule has 4 heteroatoms. The van der Waals surface area contributed by atoms with Crippen LogP contribution in [0, 0.1) is 5.92 Å². The number of carbonyl (C=O) groups is 1. The van der Waals surface area contributed by atoms with Crippen molar-refractivity contribution in [3.05, 3.63) is 34.9 Å². The van der Waals surface area contributed by atoms with Crippen LogP contribution in [0.1, 0.15) is 35.6 Å². The molecule has 1 aliphatic carbocycles. The minimum atomic E-state index is -0.924. The van der Waals surface area contributed by atoms with Crippen LogP contribution in [0.5, 0.6) is 0 Å². The first-order valence-corrected chi connectivity index (χ1v) is 6.91. The molecule has 1 fully saturated rings. The van der Waals surface area contributed by atoms with Crippen molar-refractivity contribution >= 4 is 5.97 Å². The lowest BCUT2D eigenvalue weighted by atomic mass is 9.87. The average molecular weight is 261 g/mol. The van der Waals surface area contributed by atoms with E-state index >= 15 is 0 Å². The summed E-state index contributed by atoms with van der Waals surface area (Å²) >= 11 is 0. The van der Waals surface area contributed by atoms with Crippen LogP contribution in [0.15, 0.2) is 18.2 Å². The number of hydrogen-bond acceptors (Lipinski definition) is 3. The second-order valence-electron chi connectivity index (χ2n) is 5.59. The van der Waals surface area contributed by atoms with Crippen molar-refractivity contribution in [2.45, 2.75) is 37.8 Å². The van der Waals surface area contributed by atoms with Gasteiger partial charge < -0.3 is 15.5 Å². The Morgan fingerprint density at radius 1 is 1.26 bits per heavy atom. The van der Waals surface area contributed by atoms with Gasteiger partial charge in [-0.05, 0) is 42.4 Å². The maximum atomic E-state index is 11.0. The lowest BCUT2D eigenvalue weighted by Gasteiger charge is -2.32. The van der Waals surface area contributed by atoms with Crippen LogP contribution >= 0.6 is 0 Å². The molecule has 0 aromatic heterocycles. The highest BCUT2D eigenvalue weighted by Gasteiger charge is 2.34. The highest BCUT2D eigenvalue weighted by molar-refractivity contribution is 5.71. The first kappa shape index (κ1) is 12.6. The lowest BCUT2D eigenvalue weighted by Crippen LogP contribution is -2.45. The maximum absolute atomic E-state index is 11.0. The monoisotopic (exact) mass is 261 g/mol. The molecular weight excluding hydrogens is 242 g/mol. The number of aliphatic hydroxyl groups is 1. The number of hydrogen-bond donors (Lipinski definition) is 3. The van der Waals surface area contributed by atoms with Crippen LogP contribution < -0.4 is 5.32 Å². The van der Waals surface area contributed by atoms with Gasteiger partial charge in [0.15, 0.2) is 0 Å². The van der Waals surface area contributed by atoms with E-state index in [1.165, 1.54) is 23.1 Å². The van der Waals surface area contributed by atoms with Crippen LogP contribution in [0.3, 0.4) is 0 Å². The Bertz CT molecular complexity index is 500. The number of fused-ring (bicyclic) bond motifs is 1. The van der Waals surface area contributed by atoms with E-state index in [2.05, 4.69) is 23.5 Å². The minimum Gasteiger partial charge on any atom is -0.481 e. The second kappa shape index (κ2) is 4.94. The van der Waals surface area contributed by atoms with Gasteiger partial charge in [-0.3, -0.25) is 4.79 Å². The molecule has 3 unspecified atom stereocenters. The second-order valence-corrected chi connectivity index (χ2v) is 5.59. The van der Waals surface area contributed by atoms with Crippen molar-refractivity contribution in [2.75, 3.05) is 6.54 Å². The van der Waals surface area contributed by atoms with E-state index in [4.69, 9.17) is 5.11 Å². The molecule has 0 saturated carbocycles.